The lowest BCUT2D eigenvalue weighted by molar-refractivity contribution is 0.293. The fourth-order valence-corrected chi connectivity index (χ4v) is 1.10. The molecule has 90 valence electrons. The smallest absolute Gasteiger partial charge is 0.215 e. The summed E-state index contributed by atoms with van der Waals surface area (Å²) in [4.78, 5) is 4.53. The van der Waals surface area contributed by atoms with Crippen molar-refractivity contribution in [2.75, 3.05) is 20.3 Å². The molecule has 15 heavy (non-hydrogen) atoms. The van der Waals surface area contributed by atoms with E-state index >= 15 is 0 Å². The molecular weight excluding hydrogens is 220 g/mol. The predicted molar refractivity (Wildman–Crippen MR) is 55.7 cm³/mol. The van der Waals surface area contributed by atoms with Gasteiger partial charge in [0, 0.05) is 26.0 Å². The number of unbranched alkanes of at least 4 members (excludes halogenated alkanes) is 1. The van der Waals surface area contributed by atoms with Crippen LogP contribution in [0.5, 0.6) is 0 Å². The quantitative estimate of drug-likeness (QED) is 0.567. The number of hydrogen-bond donors (Lipinski definition) is 1. The van der Waals surface area contributed by atoms with Gasteiger partial charge < -0.3 is 14.4 Å². The molecule has 0 unspecified atom stereocenters. The Hall–Kier alpha value is -0.790. The fourth-order valence-electron chi connectivity index (χ4n) is 1.10. The third-order valence-electron chi connectivity index (χ3n) is 1.74. The highest BCUT2D eigenvalue weighted by Gasteiger charge is 2.05. The fraction of sp³-hybridized carbons (Fsp3) is 0.750. The van der Waals surface area contributed by atoms with Crippen molar-refractivity contribution < 1.29 is 17.5 Å². The standard InChI is InChI=1S/C8H16N2.H2O4S/c1-3-4-5-10-7-6-9(2)8-10;1-5(2,3)4/h6-7H,3-5,8H2,1-2H3;(H2,1,2,3,4)/p-1. The van der Waals surface area contributed by atoms with Crippen LogP contribution in [0.1, 0.15) is 19.8 Å². The van der Waals surface area contributed by atoms with Gasteiger partial charge >= 0.3 is 0 Å². The summed E-state index contributed by atoms with van der Waals surface area (Å²) in [5, 5.41) is 0. The Bertz CT molecular complexity index is 281. The van der Waals surface area contributed by atoms with Crippen molar-refractivity contribution in [3.8, 4) is 0 Å². The molecule has 1 aliphatic heterocycles. The molecule has 0 saturated carbocycles. The molecule has 1 N–H and O–H groups in total. The molecule has 6 nitrogen and oxygen atoms in total. The third-order valence-corrected chi connectivity index (χ3v) is 1.74. The highest BCUT2D eigenvalue weighted by Crippen LogP contribution is 2.04. The molecule has 0 aromatic carbocycles. The van der Waals surface area contributed by atoms with Gasteiger partial charge in [-0.2, -0.15) is 0 Å². The zero-order valence-electron chi connectivity index (χ0n) is 8.96. The minimum Gasteiger partial charge on any atom is -0.726 e. The number of hydrogen-bond acceptors (Lipinski definition) is 5. The topological polar surface area (TPSA) is 83.9 Å². The summed E-state index contributed by atoms with van der Waals surface area (Å²) in [5.41, 5.74) is 0. The van der Waals surface area contributed by atoms with Gasteiger partial charge in [-0.25, -0.2) is 8.42 Å². The number of rotatable bonds is 3. The van der Waals surface area contributed by atoms with Crippen molar-refractivity contribution in [2.45, 2.75) is 19.8 Å². The van der Waals surface area contributed by atoms with Crippen molar-refractivity contribution >= 4 is 10.4 Å². The van der Waals surface area contributed by atoms with Crippen LogP contribution in [0.4, 0.5) is 0 Å². The van der Waals surface area contributed by atoms with Gasteiger partial charge in [-0.1, -0.05) is 13.3 Å². The minimum atomic E-state index is -4.92. The molecule has 1 aliphatic rings. The first-order valence-electron chi connectivity index (χ1n) is 4.64. The molecule has 0 aromatic heterocycles. The normalized spacial score (nSPS) is 15.2. The van der Waals surface area contributed by atoms with Gasteiger partial charge in [-0.15, -0.1) is 0 Å². The van der Waals surface area contributed by atoms with E-state index in [4.69, 9.17) is 17.5 Å². The van der Waals surface area contributed by atoms with Gasteiger partial charge in [0.05, 0.1) is 6.67 Å². The Morgan fingerprint density at radius 2 is 2.00 bits per heavy atom. The van der Waals surface area contributed by atoms with Gasteiger partial charge in [0.25, 0.3) is 0 Å². The van der Waals surface area contributed by atoms with Crippen LogP contribution < -0.4 is 0 Å². The molecule has 1 heterocycles. The average molecular weight is 237 g/mol. The Morgan fingerprint density at radius 3 is 2.33 bits per heavy atom. The number of nitrogens with zero attached hydrogens (tertiary/aromatic N) is 2. The first-order valence-corrected chi connectivity index (χ1v) is 6.00. The lowest BCUT2D eigenvalue weighted by Gasteiger charge is -2.17. The first kappa shape index (κ1) is 14.2. The van der Waals surface area contributed by atoms with Gasteiger partial charge in [-0.05, 0) is 6.42 Å². The van der Waals surface area contributed by atoms with E-state index in [0.717, 1.165) is 6.67 Å². The molecule has 0 radical (unpaired) electrons. The van der Waals surface area contributed by atoms with Crippen LogP contribution in [0.2, 0.25) is 0 Å². The monoisotopic (exact) mass is 237 g/mol. The molecule has 0 atom stereocenters. The summed E-state index contributed by atoms with van der Waals surface area (Å²) in [6.45, 7) is 4.50. The summed E-state index contributed by atoms with van der Waals surface area (Å²) >= 11 is 0. The summed E-state index contributed by atoms with van der Waals surface area (Å²) in [7, 11) is -2.82. The van der Waals surface area contributed by atoms with E-state index in [1.54, 1.807) is 0 Å². The minimum absolute atomic E-state index is 1.07. The SMILES string of the molecule is CCCCN1C=CN(C)C1.O=S(=O)([O-])O. The summed E-state index contributed by atoms with van der Waals surface area (Å²) in [6.07, 6.45) is 6.87. The van der Waals surface area contributed by atoms with Gasteiger partial charge in [0.15, 0.2) is 0 Å². The summed E-state index contributed by atoms with van der Waals surface area (Å²) in [5.74, 6) is 0. The summed E-state index contributed by atoms with van der Waals surface area (Å²) in [6, 6.07) is 0. The van der Waals surface area contributed by atoms with Crippen LogP contribution >= 0.6 is 0 Å². The molecule has 1 rings (SSSR count). The van der Waals surface area contributed by atoms with Crippen molar-refractivity contribution in [1.82, 2.24) is 9.80 Å². The van der Waals surface area contributed by atoms with E-state index in [9.17, 15) is 0 Å². The molecule has 7 heteroatoms. The average Bonchev–Trinajstić information content (AvgIpc) is 2.45. The van der Waals surface area contributed by atoms with Crippen molar-refractivity contribution in [3.05, 3.63) is 12.4 Å². The van der Waals surface area contributed by atoms with E-state index in [-0.39, 0.29) is 0 Å². The van der Waals surface area contributed by atoms with Gasteiger partial charge in [0.1, 0.15) is 0 Å². The second kappa shape index (κ2) is 6.65. The molecular formula is C8H17N2O4S-. The zero-order chi connectivity index (χ0) is 11.9. The lowest BCUT2D eigenvalue weighted by atomic mass is 10.3. The third kappa shape index (κ3) is 11.1. The second-order valence-electron chi connectivity index (χ2n) is 3.29. The lowest BCUT2D eigenvalue weighted by Crippen LogP contribution is -2.23. The van der Waals surface area contributed by atoms with Crippen LogP contribution in [-0.2, 0) is 10.4 Å². The summed E-state index contributed by atoms with van der Waals surface area (Å²) < 4.78 is 32.8. The van der Waals surface area contributed by atoms with Crippen LogP contribution in [0.15, 0.2) is 12.4 Å². The highest BCUT2D eigenvalue weighted by molar-refractivity contribution is 7.79. The van der Waals surface area contributed by atoms with Crippen LogP contribution in [0, 0.1) is 0 Å². The van der Waals surface area contributed by atoms with Crippen molar-refractivity contribution in [1.29, 1.82) is 0 Å². The maximum absolute atomic E-state index is 8.63. The molecule has 0 spiro atoms. The van der Waals surface area contributed by atoms with E-state index in [1.807, 2.05) is 0 Å². The molecule has 0 aromatic rings. The maximum atomic E-state index is 8.63. The van der Waals surface area contributed by atoms with Crippen LogP contribution in [0.3, 0.4) is 0 Å². The van der Waals surface area contributed by atoms with Gasteiger partial charge in [-0.3, -0.25) is 4.55 Å². The van der Waals surface area contributed by atoms with E-state index in [0.29, 0.717) is 0 Å². The molecule has 0 amide bonds. The Morgan fingerprint density at radius 1 is 1.47 bits per heavy atom. The van der Waals surface area contributed by atoms with Crippen LogP contribution in [-0.4, -0.2) is 47.6 Å². The second-order valence-corrected chi connectivity index (χ2v) is 4.15. The maximum Gasteiger partial charge on any atom is 0.215 e. The zero-order valence-corrected chi connectivity index (χ0v) is 9.77. The van der Waals surface area contributed by atoms with E-state index in [1.165, 1.54) is 19.4 Å². The molecule has 0 saturated heterocycles. The van der Waals surface area contributed by atoms with Crippen molar-refractivity contribution in [3.63, 3.8) is 0 Å². The first-order chi connectivity index (χ1) is 6.83. The molecule has 0 aliphatic carbocycles. The van der Waals surface area contributed by atoms with Crippen LogP contribution in [0.25, 0.3) is 0 Å². The predicted octanol–water partition coefficient (Wildman–Crippen LogP) is 0.467. The van der Waals surface area contributed by atoms with Crippen molar-refractivity contribution in [2.24, 2.45) is 0 Å². The Kier molecular flexibility index (Phi) is 6.30. The molecule has 0 bridgehead atoms. The van der Waals surface area contributed by atoms with E-state index in [2.05, 4.69) is 36.2 Å². The Balaban J connectivity index is 0.000000336. The van der Waals surface area contributed by atoms with E-state index < -0.39 is 10.4 Å². The highest BCUT2D eigenvalue weighted by atomic mass is 32.3. The molecule has 0 fully saturated rings. The Labute approximate surface area is 90.8 Å². The van der Waals surface area contributed by atoms with Gasteiger partial charge in [0.2, 0.25) is 10.4 Å². The largest absolute Gasteiger partial charge is 0.726 e.